The van der Waals surface area contributed by atoms with Crippen LogP contribution in [0.3, 0.4) is 0 Å². The van der Waals surface area contributed by atoms with Gasteiger partial charge in [-0.25, -0.2) is 0 Å². The van der Waals surface area contributed by atoms with E-state index >= 15 is 0 Å². The van der Waals surface area contributed by atoms with Gasteiger partial charge in [-0.3, -0.25) is 19.3 Å². The molecule has 5 rings (SSSR count). The van der Waals surface area contributed by atoms with Gasteiger partial charge < -0.3 is 4.42 Å². The Bertz CT molecular complexity index is 1140. The maximum absolute atomic E-state index is 12.7. The number of thioether (sulfide) groups is 1. The summed E-state index contributed by atoms with van der Waals surface area (Å²) >= 11 is 1.17. The molecule has 32 heavy (non-hydrogen) atoms. The number of anilines is 1. The number of Topliss-reactive ketones (excluding diaryl/α,β-unsaturated/α-hetero) is 1. The number of ketones is 1. The molecule has 0 bridgehead atoms. The Morgan fingerprint density at radius 2 is 1.59 bits per heavy atom. The Morgan fingerprint density at radius 1 is 0.938 bits per heavy atom. The Kier molecular flexibility index (Phi) is 5.61. The number of nitrogens with zero attached hydrogens (tertiary/aromatic N) is 3. The largest absolute Gasteiger partial charge is 0.411 e. The zero-order valence-corrected chi connectivity index (χ0v) is 18.1. The number of amides is 2. The van der Waals surface area contributed by atoms with Crippen molar-refractivity contribution in [1.29, 1.82) is 0 Å². The molecular formula is C24H21N3O4S. The molecule has 0 N–H and O–H groups in total. The minimum Gasteiger partial charge on any atom is -0.411 e. The van der Waals surface area contributed by atoms with Gasteiger partial charge in [-0.05, 0) is 49.2 Å². The number of benzene rings is 2. The molecule has 2 atom stereocenters. The van der Waals surface area contributed by atoms with Crippen LogP contribution >= 0.6 is 11.8 Å². The summed E-state index contributed by atoms with van der Waals surface area (Å²) in [5.74, 6) is -0.158. The van der Waals surface area contributed by atoms with Gasteiger partial charge in [0.2, 0.25) is 17.7 Å². The van der Waals surface area contributed by atoms with Crippen LogP contribution in [0.25, 0.3) is 11.5 Å². The lowest BCUT2D eigenvalue weighted by Gasteiger charge is -2.19. The normalized spacial score (nSPS) is 20.4. The van der Waals surface area contributed by atoms with Crippen LogP contribution in [0.15, 0.2) is 64.2 Å². The summed E-state index contributed by atoms with van der Waals surface area (Å²) in [6.07, 6.45) is 3.54. The van der Waals surface area contributed by atoms with Crippen LogP contribution in [-0.2, 0) is 9.59 Å². The van der Waals surface area contributed by atoms with Crippen LogP contribution in [0.4, 0.5) is 5.69 Å². The van der Waals surface area contributed by atoms with Gasteiger partial charge in [-0.2, -0.15) is 0 Å². The fourth-order valence-electron chi connectivity index (χ4n) is 4.39. The number of hydrogen-bond donors (Lipinski definition) is 0. The lowest BCUT2D eigenvalue weighted by Crippen LogP contribution is -2.30. The van der Waals surface area contributed by atoms with Crippen LogP contribution in [0.5, 0.6) is 0 Å². The molecule has 1 saturated heterocycles. The number of hydrogen-bond acceptors (Lipinski definition) is 7. The van der Waals surface area contributed by atoms with Crippen molar-refractivity contribution in [2.75, 3.05) is 10.7 Å². The summed E-state index contributed by atoms with van der Waals surface area (Å²) < 4.78 is 5.62. The Labute approximate surface area is 189 Å². The van der Waals surface area contributed by atoms with Crippen molar-refractivity contribution in [2.24, 2.45) is 11.8 Å². The highest BCUT2D eigenvalue weighted by atomic mass is 32.2. The summed E-state index contributed by atoms with van der Waals surface area (Å²) in [5.41, 5.74) is 1.85. The molecule has 2 heterocycles. The molecule has 8 heteroatoms. The quantitative estimate of drug-likeness (QED) is 0.314. The van der Waals surface area contributed by atoms with Gasteiger partial charge in [-0.15, -0.1) is 10.2 Å². The van der Waals surface area contributed by atoms with E-state index in [1.54, 1.807) is 24.3 Å². The summed E-state index contributed by atoms with van der Waals surface area (Å²) in [6, 6.07) is 16.1. The lowest BCUT2D eigenvalue weighted by molar-refractivity contribution is -0.122. The summed E-state index contributed by atoms with van der Waals surface area (Å²) in [7, 11) is 0. The third-order valence-electron chi connectivity index (χ3n) is 6.04. The first-order valence-electron chi connectivity index (χ1n) is 10.6. The van der Waals surface area contributed by atoms with E-state index in [9.17, 15) is 14.4 Å². The second kappa shape index (κ2) is 8.70. The van der Waals surface area contributed by atoms with E-state index in [0.29, 0.717) is 22.4 Å². The molecular weight excluding hydrogens is 426 g/mol. The molecule has 2 aliphatic rings. The number of aromatic nitrogens is 2. The van der Waals surface area contributed by atoms with Gasteiger partial charge in [0, 0.05) is 11.1 Å². The topological polar surface area (TPSA) is 93.4 Å². The molecule has 1 aromatic heterocycles. The Balaban J connectivity index is 1.23. The first-order valence-corrected chi connectivity index (χ1v) is 11.6. The predicted molar refractivity (Wildman–Crippen MR) is 119 cm³/mol. The molecule has 1 aliphatic heterocycles. The molecule has 1 aliphatic carbocycles. The van der Waals surface area contributed by atoms with Crippen molar-refractivity contribution in [3.05, 3.63) is 60.2 Å². The second-order valence-electron chi connectivity index (χ2n) is 8.01. The molecule has 3 aromatic rings. The third kappa shape index (κ3) is 3.86. The maximum atomic E-state index is 12.7. The van der Waals surface area contributed by atoms with Crippen molar-refractivity contribution in [3.63, 3.8) is 0 Å². The molecule has 162 valence electrons. The van der Waals surface area contributed by atoms with E-state index in [1.165, 1.54) is 16.7 Å². The molecule has 7 nitrogen and oxygen atoms in total. The minimum atomic E-state index is -0.191. The number of carbonyl (C=O) groups excluding carboxylic acids is 3. The zero-order chi connectivity index (χ0) is 22.1. The van der Waals surface area contributed by atoms with E-state index in [1.807, 2.05) is 30.3 Å². The van der Waals surface area contributed by atoms with E-state index in [2.05, 4.69) is 10.2 Å². The molecule has 0 unspecified atom stereocenters. The Hall–Kier alpha value is -3.26. The number of imide groups is 1. The summed E-state index contributed by atoms with van der Waals surface area (Å²) in [4.78, 5) is 39.4. The van der Waals surface area contributed by atoms with Crippen LogP contribution in [0.1, 0.15) is 36.0 Å². The van der Waals surface area contributed by atoms with E-state index in [-0.39, 0.29) is 35.2 Å². The molecule has 1 saturated carbocycles. The van der Waals surface area contributed by atoms with Crippen molar-refractivity contribution in [3.8, 4) is 11.5 Å². The van der Waals surface area contributed by atoms with Gasteiger partial charge in [0.15, 0.2) is 5.78 Å². The Morgan fingerprint density at radius 3 is 2.25 bits per heavy atom. The van der Waals surface area contributed by atoms with Gasteiger partial charge in [0.1, 0.15) is 0 Å². The summed E-state index contributed by atoms with van der Waals surface area (Å²) in [5, 5.41) is 8.33. The smallest absolute Gasteiger partial charge is 0.277 e. The van der Waals surface area contributed by atoms with Crippen LogP contribution in [0, 0.1) is 11.8 Å². The second-order valence-corrected chi connectivity index (χ2v) is 8.93. The number of fused-ring (bicyclic) bond motifs is 1. The van der Waals surface area contributed by atoms with Gasteiger partial charge in [0.25, 0.3) is 5.22 Å². The van der Waals surface area contributed by atoms with E-state index < -0.39 is 0 Å². The van der Waals surface area contributed by atoms with Crippen molar-refractivity contribution in [1.82, 2.24) is 10.2 Å². The van der Waals surface area contributed by atoms with Gasteiger partial charge in [0.05, 0.1) is 23.3 Å². The average molecular weight is 448 g/mol. The maximum Gasteiger partial charge on any atom is 0.277 e. The van der Waals surface area contributed by atoms with Crippen LogP contribution < -0.4 is 4.90 Å². The third-order valence-corrected chi connectivity index (χ3v) is 6.86. The zero-order valence-electron chi connectivity index (χ0n) is 17.3. The molecule has 0 spiro atoms. The highest BCUT2D eigenvalue weighted by Crippen LogP contribution is 2.40. The average Bonchev–Trinajstić information content (AvgIpc) is 3.41. The number of rotatable bonds is 6. The minimum absolute atomic E-state index is 0.103. The molecule has 2 fully saturated rings. The molecule has 2 aromatic carbocycles. The predicted octanol–water partition coefficient (Wildman–Crippen LogP) is 4.39. The van der Waals surface area contributed by atoms with Crippen molar-refractivity contribution in [2.45, 2.75) is 30.9 Å². The first-order chi connectivity index (χ1) is 15.6. The standard InChI is InChI=1S/C24H21N3O4S/c28-20(14-32-24-26-25-21(31-24)16-6-2-1-3-7-16)15-10-12-17(13-11-15)27-22(29)18-8-4-5-9-19(18)23(27)30/h1-3,6-7,10-13,18-19H,4-5,8-9,14H2/t18-,19+. The van der Waals surface area contributed by atoms with E-state index in [4.69, 9.17) is 4.42 Å². The lowest BCUT2D eigenvalue weighted by atomic mass is 9.81. The van der Waals surface area contributed by atoms with Gasteiger partial charge >= 0.3 is 0 Å². The van der Waals surface area contributed by atoms with Crippen molar-refractivity contribution < 1.29 is 18.8 Å². The van der Waals surface area contributed by atoms with Gasteiger partial charge in [-0.1, -0.05) is 42.8 Å². The number of carbonyl (C=O) groups is 3. The fourth-order valence-corrected chi connectivity index (χ4v) is 5.05. The highest BCUT2D eigenvalue weighted by molar-refractivity contribution is 7.99. The highest BCUT2D eigenvalue weighted by Gasteiger charge is 2.48. The molecule has 0 radical (unpaired) electrons. The fraction of sp³-hybridized carbons (Fsp3) is 0.292. The van der Waals surface area contributed by atoms with Crippen LogP contribution in [0.2, 0.25) is 0 Å². The SMILES string of the molecule is O=C(CSc1nnc(-c2ccccc2)o1)c1ccc(N2C(=O)[C@H]3CCCC[C@H]3C2=O)cc1. The van der Waals surface area contributed by atoms with Crippen LogP contribution in [-0.4, -0.2) is 33.5 Å². The monoisotopic (exact) mass is 447 g/mol. The molecule has 2 amide bonds. The van der Waals surface area contributed by atoms with Crippen molar-refractivity contribution >= 4 is 35.0 Å². The van der Waals surface area contributed by atoms with E-state index in [0.717, 1.165) is 31.2 Å². The summed E-state index contributed by atoms with van der Waals surface area (Å²) in [6.45, 7) is 0. The first kappa shape index (κ1) is 20.6.